The van der Waals surface area contributed by atoms with Gasteiger partial charge >= 0.3 is 0 Å². The molecule has 0 nitrogen and oxygen atoms in total. The quantitative estimate of drug-likeness (QED) is 0.177. The summed E-state index contributed by atoms with van der Waals surface area (Å²) in [5.41, 5.74) is 12.2. The average Bonchev–Trinajstić information content (AvgIpc) is 3.11. The van der Waals surface area contributed by atoms with Crippen LogP contribution >= 0.6 is 0 Å². The number of hydrogen-bond donors (Lipinski definition) is 0. The van der Waals surface area contributed by atoms with Crippen molar-refractivity contribution in [1.82, 2.24) is 0 Å². The van der Waals surface area contributed by atoms with Gasteiger partial charge in [-0.1, -0.05) is 141 Å². The molecule has 2 saturated carbocycles. The smallest absolute Gasteiger partial charge is 0.00267 e. The molecule has 0 aliphatic heterocycles. The first-order valence-corrected chi connectivity index (χ1v) is 17.5. The molecule has 2 fully saturated rings. The molecule has 2 aliphatic carbocycles. The molecule has 0 radical (unpaired) electrons. The number of rotatable bonds is 5. The number of hydrogen-bond acceptors (Lipinski definition) is 0. The third-order valence-corrected chi connectivity index (χ3v) is 10.9. The highest BCUT2D eigenvalue weighted by molar-refractivity contribution is 6.14. The Morgan fingerprint density at radius 3 is 1.33 bits per heavy atom. The number of aryl methyl sites for hydroxylation is 1. The second kappa shape index (κ2) is 12.3. The maximum absolute atomic E-state index is 2.42. The van der Waals surface area contributed by atoms with E-state index < -0.39 is 0 Å². The van der Waals surface area contributed by atoms with Crippen molar-refractivity contribution in [3.63, 3.8) is 0 Å². The van der Waals surface area contributed by atoms with Crippen LogP contribution in [0.5, 0.6) is 0 Å². The first-order valence-electron chi connectivity index (χ1n) is 17.5. The second-order valence-corrected chi connectivity index (χ2v) is 13.9. The zero-order valence-corrected chi connectivity index (χ0v) is 26.7. The summed E-state index contributed by atoms with van der Waals surface area (Å²) < 4.78 is 0. The van der Waals surface area contributed by atoms with Crippen molar-refractivity contribution in [2.75, 3.05) is 0 Å². The lowest BCUT2D eigenvalue weighted by molar-refractivity contribution is 0.443. The van der Waals surface area contributed by atoms with Crippen LogP contribution in [0.15, 0.2) is 115 Å². The lowest BCUT2D eigenvalue weighted by atomic mass is 9.83. The van der Waals surface area contributed by atoms with Crippen molar-refractivity contribution in [2.24, 2.45) is 0 Å². The average molecular weight is 585 g/mol. The molecule has 224 valence electrons. The first kappa shape index (κ1) is 28.3. The molecule has 0 atom stereocenters. The fourth-order valence-corrected chi connectivity index (χ4v) is 8.37. The normalized spacial score (nSPS) is 16.4. The molecule has 0 N–H and O–H groups in total. The largest absolute Gasteiger partial charge is 0.0614 e. The van der Waals surface area contributed by atoms with Crippen LogP contribution in [0, 0.1) is 6.92 Å². The Morgan fingerprint density at radius 1 is 0.400 bits per heavy atom. The van der Waals surface area contributed by atoms with Crippen LogP contribution < -0.4 is 0 Å². The highest BCUT2D eigenvalue weighted by atomic mass is 14.2. The van der Waals surface area contributed by atoms with Crippen molar-refractivity contribution >= 4 is 21.5 Å². The topological polar surface area (TPSA) is 0 Å². The molecule has 6 aromatic rings. The number of benzene rings is 6. The molecule has 6 aromatic carbocycles. The van der Waals surface area contributed by atoms with Gasteiger partial charge in [-0.25, -0.2) is 0 Å². The molecular formula is C45H44. The van der Waals surface area contributed by atoms with Crippen molar-refractivity contribution in [3.05, 3.63) is 132 Å². The van der Waals surface area contributed by atoms with E-state index in [9.17, 15) is 0 Å². The molecule has 0 spiro atoms. The molecule has 2 aliphatic rings. The summed E-state index contributed by atoms with van der Waals surface area (Å²) in [5, 5.41) is 5.25. The third kappa shape index (κ3) is 5.72. The van der Waals surface area contributed by atoms with Crippen LogP contribution in [-0.2, 0) is 0 Å². The summed E-state index contributed by atoms with van der Waals surface area (Å²) in [6.07, 6.45) is 13.7. The zero-order valence-electron chi connectivity index (χ0n) is 26.7. The van der Waals surface area contributed by atoms with Gasteiger partial charge in [0.2, 0.25) is 0 Å². The van der Waals surface area contributed by atoms with E-state index >= 15 is 0 Å². The SMILES string of the molecule is Cc1cccc(-c2c3ccc(-c4ccc(C5CCCCC5)cc4)cc3cc3cc(-c4ccc(C5CCCCC5)cc4)ccc23)c1. The lowest BCUT2D eigenvalue weighted by Gasteiger charge is -2.22. The van der Waals surface area contributed by atoms with Crippen molar-refractivity contribution < 1.29 is 0 Å². The fraction of sp³-hybridized carbons (Fsp3) is 0.289. The molecule has 0 bridgehead atoms. The Balaban J connectivity index is 1.21. The van der Waals surface area contributed by atoms with E-state index in [0.717, 1.165) is 11.8 Å². The summed E-state index contributed by atoms with van der Waals surface area (Å²) >= 11 is 0. The Bertz CT molecular complexity index is 1830. The standard InChI is InChI=1S/C45H44/c1-31-9-8-14-40(27-31)45-43-25-23-38(36-19-15-34(16-20-36)32-10-4-2-5-11-32)28-41(43)30-42-29-39(24-26-44(42)45)37-21-17-35(18-22-37)33-12-6-3-7-13-33/h8-9,14-30,32-33H,2-7,10-13H2,1H3. The van der Waals surface area contributed by atoms with E-state index in [0.29, 0.717) is 0 Å². The molecule has 0 heteroatoms. The highest BCUT2D eigenvalue weighted by Crippen LogP contribution is 2.41. The maximum atomic E-state index is 2.42. The van der Waals surface area contributed by atoms with E-state index in [1.54, 1.807) is 0 Å². The van der Waals surface area contributed by atoms with Crippen LogP contribution in [0.4, 0.5) is 0 Å². The van der Waals surface area contributed by atoms with Crippen molar-refractivity contribution in [2.45, 2.75) is 83.0 Å². The van der Waals surface area contributed by atoms with E-state index in [-0.39, 0.29) is 0 Å². The van der Waals surface area contributed by atoms with Gasteiger partial charge in [0.15, 0.2) is 0 Å². The predicted octanol–water partition coefficient (Wildman–Crippen LogP) is 13.4. The molecule has 0 amide bonds. The summed E-state index contributed by atoms with van der Waals surface area (Å²) in [6.45, 7) is 2.20. The summed E-state index contributed by atoms with van der Waals surface area (Å²) in [4.78, 5) is 0. The Hall–Kier alpha value is -4.16. The minimum Gasteiger partial charge on any atom is -0.0614 e. The molecule has 0 saturated heterocycles. The molecular weight excluding hydrogens is 540 g/mol. The van der Waals surface area contributed by atoms with Gasteiger partial charge in [-0.2, -0.15) is 0 Å². The van der Waals surface area contributed by atoms with Crippen LogP contribution in [-0.4, -0.2) is 0 Å². The van der Waals surface area contributed by atoms with Gasteiger partial charge in [0.25, 0.3) is 0 Å². The summed E-state index contributed by atoms with van der Waals surface area (Å²) in [5.74, 6) is 1.48. The molecule has 0 aromatic heterocycles. The van der Waals surface area contributed by atoms with Gasteiger partial charge in [0.1, 0.15) is 0 Å². The lowest BCUT2D eigenvalue weighted by Crippen LogP contribution is -2.04. The van der Waals surface area contributed by atoms with Crippen LogP contribution in [0.25, 0.3) is 54.9 Å². The number of fused-ring (bicyclic) bond motifs is 2. The van der Waals surface area contributed by atoms with Gasteiger partial charge in [-0.05, 0) is 129 Å². The Morgan fingerprint density at radius 2 is 0.867 bits per heavy atom. The van der Waals surface area contributed by atoms with E-state index in [4.69, 9.17) is 0 Å². The predicted molar refractivity (Wildman–Crippen MR) is 194 cm³/mol. The maximum Gasteiger partial charge on any atom is -0.00267 e. The summed E-state index contributed by atoms with van der Waals surface area (Å²) in [7, 11) is 0. The van der Waals surface area contributed by atoms with Crippen LogP contribution in [0.2, 0.25) is 0 Å². The van der Waals surface area contributed by atoms with Gasteiger partial charge in [-0.3, -0.25) is 0 Å². The second-order valence-electron chi connectivity index (χ2n) is 13.9. The fourth-order valence-electron chi connectivity index (χ4n) is 8.37. The minimum absolute atomic E-state index is 0.741. The minimum atomic E-state index is 0.741. The van der Waals surface area contributed by atoms with Crippen molar-refractivity contribution in [3.8, 4) is 33.4 Å². The third-order valence-electron chi connectivity index (χ3n) is 10.9. The zero-order chi connectivity index (χ0) is 30.2. The van der Waals surface area contributed by atoms with E-state index in [1.807, 2.05) is 0 Å². The van der Waals surface area contributed by atoms with Gasteiger partial charge in [0, 0.05) is 0 Å². The van der Waals surface area contributed by atoms with Gasteiger partial charge in [0.05, 0.1) is 0 Å². The molecule has 0 heterocycles. The van der Waals surface area contributed by atoms with Crippen LogP contribution in [0.1, 0.15) is 92.7 Å². The monoisotopic (exact) mass is 584 g/mol. The van der Waals surface area contributed by atoms with Crippen LogP contribution in [0.3, 0.4) is 0 Å². The Labute approximate surface area is 269 Å². The van der Waals surface area contributed by atoms with Gasteiger partial charge < -0.3 is 0 Å². The first-order chi connectivity index (χ1) is 22.2. The van der Waals surface area contributed by atoms with Gasteiger partial charge in [-0.15, -0.1) is 0 Å². The van der Waals surface area contributed by atoms with E-state index in [2.05, 4.69) is 122 Å². The summed E-state index contributed by atoms with van der Waals surface area (Å²) in [6, 6.07) is 44.6. The van der Waals surface area contributed by atoms with E-state index in [1.165, 1.54) is 136 Å². The molecule has 8 rings (SSSR count). The molecule has 0 unspecified atom stereocenters. The highest BCUT2D eigenvalue weighted by Gasteiger charge is 2.17. The Kier molecular flexibility index (Phi) is 7.76. The van der Waals surface area contributed by atoms with Crippen molar-refractivity contribution in [1.29, 1.82) is 0 Å². The molecule has 45 heavy (non-hydrogen) atoms.